The first-order chi connectivity index (χ1) is 8.99. The number of benzene rings is 2. The van der Waals surface area contributed by atoms with Crippen LogP contribution in [-0.4, -0.2) is 5.97 Å². The number of halogens is 4. The highest BCUT2D eigenvalue weighted by Gasteiger charge is 2.20. The van der Waals surface area contributed by atoms with Gasteiger partial charge in [0, 0.05) is 6.07 Å². The van der Waals surface area contributed by atoms with Crippen molar-refractivity contribution in [2.24, 2.45) is 0 Å². The Balaban J connectivity index is 2.28. The maximum absolute atomic E-state index is 13.3. The zero-order valence-electron chi connectivity index (χ0n) is 9.29. The van der Waals surface area contributed by atoms with Gasteiger partial charge < -0.3 is 4.74 Å². The van der Waals surface area contributed by atoms with Gasteiger partial charge in [-0.15, -0.1) is 0 Å². The molecule has 0 saturated carbocycles. The van der Waals surface area contributed by atoms with Crippen molar-refractivity contribution in [1.82, 2.24) is 0 Å². The lowest BCUT2D eigenvalue weighted by Gasteiger charge is -2.06. The number of carbonyl (C=O) groups is 1. The van der Waals surface area contributed by atoms with Crippen molar-refractivity contribution in [2.45, 2.75) is 0 Å². The molecule has 0 heterocycles. The monoisotopic (exact) mass is 270 g/mol. The molecule has 6 heteroatoms. The van der Waals surface area contributed by atoms with Gasteiger partial charge in [-0.25, -0.2) is 22.4 Å². The van der Waals surface area contributed by atoms with E-state index in [9.17, 15) is 22.4 Å². The minimum atomic E-state index is -1.77. The number of ether oxygens (including phenoxy) is 1. The van der Waals surface area contributed by atoms with Gasteiger partial charge in [-0.1, -0.05) is 6.07 Å². The normalized spacial score (nSPS) is 10.3. The van der Waals surface area contributed by atoms with Crippen molar-refractivity contribution in [3.05, 3.63) is 65.2 Å². The quantitative estimate of drug-likeness (QED) is 0.361. The van der Waals surface area contributed by atoms with E-state index in [1.807, 2.05) is 0 Å². The van der Waals surface area contributed by atoms with Gasteiger partial charge in [0.2, 0.25) is 0 Å². The van der Waals surface area contributed by atoms with Crippen LogP contribution < -0.4 is 4.74 Å². The summed E-state index contributed by atoms with van der Waals surface area (Å²) in [6.45, 7) is 0. The summed E-state index contributed by atoms with van der Waals surface area (Å²) in [5.41, 5.74) is -0.775. The molecule has 0 bridgehead atoms. The third-order valence-corrected chi connectivity index (χ3v) is 2.26. The Hall–Kier alpha value is -2.37. The molecule has 0 aliphatic carbocycles. The molecule has 2 aromatic carbocycles. The van der Waals surface area contributed by atoms with E-state index >= 15 is 0 Å². The molecule has 0 unspecified atom stereocenters. The number of rotatable bonds is 2. The summed E-state index contributed by atoms with van der Waals surface area (Å²) in [7, 11) is 0. The van der Waals surface area contributed by atoms with Crippen molar-refractivity contribution in [1.29, 1.82) is 0 Å². The number of hydrogen-bond donors (Lipinski definition) is 0. The summed E-state index contributed by atoms with van der Waals surface area (Å²) in [5, 5.41) is 0. The molecule has 0 atom stereocenters. The fraction of sp³-hybridized carbons (Fsp3) is 0. The maximum Gasteiger partial charge on any atom is 0.346 e. The van der Waals surface area contributed by atoms with Crippen LogP contribution in [0.15, 0.2) is 36.4 Å². The summed E-state index contributed by atoms with van der Waals surface area (Å²) < 4.78 is 56.4. The Labute approximate surface area is 105 Å². The highest BCUT2D eigenvalue weighted by molar-refractivity contribution is 5.91. The molecule has 0 fully saturated rings. The average Bonchev–Trinajstić information content (AvgIpc) is 2.36. The zero-order chi connectivity index (χ0) is 14.0. The van der Waals surface area contributed by atoms with Crippen molar-refractivity contribution in [2.75, 3.05) is 0 Å². The first-order valence-corrected chi connectivity index (χ1v) is 5.10. The molecular formula is C13H6F4O2. The number of esters is 1. The Kier molecular flexibility index (Phi) is 3.50. The Morgan fingerprint density at radius 3 is 2.37 bits per heavy atom. The van der Waals surface area contributed by atoms with Crippen LogP contribution in [0, 0.1) is 23.3 Å². The van der Waals surface area contributed by atoms with Gasteiger partial charge in [0.1, 0.15) is 11.6 Å². The molecule has 2 aromatic rings. The average molecular weight is 270 g/mol. The van der Waals surface area contributed by atoms with Gasteiger partial charge in [-0.2, -0.15) is 0 Å². The molecule has 0 aliphatic rings. The third kappa shape index (κ3) is 2.73. The Bertz CT molecular complexity index is 641. The molecule has 2 rings (SSSR count). The lowest BCUT2D eigenvalue weighted by molar-refractivity contribution is 0.0728. The SMILES string of the molecule is O=C(Oc1cccc(F)c1)c1ccc(F)c(F)c1F. The van der Waals surface area contributed by atoms with Gasteiger partial charge in [0.15, 0.2) is 17.5 Å². The van der Waals surface area contributed by atoms with Gasteiger partial charge in [0.25, 0.3) is 0 Å². The summed E-state index contributed by atoms with van der Waals surface area (Å²) in [5.74, 6) is -6.91. The predicted octanol–water partition coefficient (Wildman–Crippen LogP) is 3.46. The van der Waals surface area contributed by atoms with E-state index in [1.54, 1.807) is 0 Å². The second kappa shape index (κ2) is 5.09. The molecule has 0 radical (unpaired) electrons. The Morgan fingerprint density at radius 1 is 0.947 bits per heavy atom. The standard InChI is InChI=1S/C13H6F4O2/c14-7-2-1-3-8(6-7)19-13(18)9-4-5-10(15)12(17)11(9)16/h1-6H. The first kappa shape index (κ1) is 13.1. The van der Waals surface area contributed by atoms with E-state index in [0.29, 0.717) is 6.07 Å². The van der Waals surface area contributed by atoms with Gasteiger partial charge in [-0.05, 0) is 24.3 Å². The lowest BCUT2D eigenvalue weighted by atomic mass is 10.2. The summed E-state index contributed by atoms with van der Waals surface area (Å²) in [6, 6.07) is 5.90. The molecule has 0 N–H and O–H groups in total. The second-order valence-electron chi connectivity index (χ2n) is 3.57. The largest absolute Gasteiger partial charge is 0.423 e. The summed E-state index contributed by atoms with van der Waals surface area (Å²) in [6.07, 6.45) is 0. The minimum absolute atomic E-state index is 0.172. The molecule has 0 spiro atoms. The fourth-order valence-corrected chi connectivity index (χ4v) is 1.38. The van der Waals surface area contributed by atoms with E-state index < -0.39 is 34.8 Å². The lowest BCUT2D eigenvalue weighted by Crippen LogP contribution is -2.12. The minimum Gasteiger partial charge on any atom is -0.423 e. The summed E-state index contributed by atoms with van der Waals surface area (Å²) >= 11 is 0. The molecule has 0 aliphatic heterocycles. The smallest absolute Gasteiger partial charge is 0.346 e. The van der Waals surface area contributed by atoms with E-state index in [0.717, 1.165) is 18.2 Å². The van der Waals surface area contributed by atoms with Gasteiger partial charge in [0.05, 0.1) is 5.56 Å². The van der Waals surface area contributed by atoms with Crippen molar-refractivity contribution < 1.29 is 27.1 Å². The van der Waals surface area contributed by atoms with E-state index in [-0.39, 0.29) is 5.75 Å². The van der Waals surface area contributed by atoms with Crippen molar-refractivity contribution in [3.63, 3.8) is 0 Å². The summed E-state index contributed by atoms with van der Waals surface area (Å²) in [4.78, 5) is 11.5. The molecule has 2 nitrogen and oxygen atoms in total. The zero-order valence-corrected chi connectivity index (χ0v) is 9.29. The fourth-order valence-electron chi connectivity index (χ4n) is 1.38. The number of carbonyl (C=O) groups excluding carboxylic acids is 1. The van der Waals surface area contributed by atoms with Gasteiger partial charge >= 0.3 is 5.97 Å². The highest BCUT2D eigenvalue weighted by Crippen LogP contribution is 2.18. The van der Waals surface area contributed by atoms with Crippen LogP contribution in [0.4, 0.5) is 17.6 Å². The third-order valence-electron chi connectivity index (χ3n) is 2.26. The van der Waals surface area contributed by atoms with E-state index in [1.165, 1.54) is 12.1 Å². The van der Waals surface area contributed by atoms with Crippen LogP contribution in [0.5, 0.6) is 5.75 Å². The molecule has 19 heavy (non-hydrogen) atoms. The van der Waals surface area contributed by atoms with E-state index in [2.05, 4.69) is 4.74 Å². The molecule has 0 saturated heterocycles. The maximum atomic E-state index is 13.3. The second-order valence-corrected chi connectivity index (χ2v) is 3.57. The van der Waals surface area contributed by atoms with Crippen LogP contribution in [0.25, 0.3) is 0 Å². The predicted molar refractivity (Wildman–Crippen MR) is 57.7 cm³/mol. The van der Waals surface area contributed by atoms with Crippen LogP contribution in [0.1, 0.15) is 10.4 Å². The number of hydrogen-bond acceptors (Lipinski definition) is 2. The van der Waals surface area contributed by atoms with Crippen LogP contribution in [-0.2, 0) is 0 Å². The molecular weight excluding hydrogens is 264 g/mol. The van der Waals surface area contributed by atoms with Gasteiger partial charge in [-0.3, -0.25) is 0 Å². The first-order valence-electron chi connectivity index (χ1n) is 5.10. The van der Waals surface area contributed by atoms with Crippen LogP contribution in [0.3, 0.4) is 0 Å². The molecule has 0 amide bonds. The van der Waals surface area contributed by atoms with E-state index in [4.69, 9.17) is 0 Å². The topological polar surface area (TPSA) is 26.3 Å². The molecule has 0 aromatic heterocycles. The van der Waals surface area contributed by atoms with Crippen LogP contribution >= 0.6 is 0 Å². The van der Waals surface area contributed by atoms with Crippen molar-refractivity contribution in [3.8, 4) is 5.75 Å². The van der Waals surface area contributed by atoms with Crippen LogP contribution in [0.2, 0.25) is 0 Å². The highest BCUT2D eigenvalue weighted by atomic mass is 19.2. The van der Waals surface area contributed by atoms with Crippen molar-refractivity contribution >= 4 is 5.97 Å². The Morgan fingerprint density at radius 2 is 1.68 bits per heavy atom. The molecule has 98 valence electrons.